The lowest BCUT2D eigenvalue weighted by atomic mass is 9.62. The van der Waals surface area contributed by atoms with Crippen molar-refractivity contribution in [3.05, 3.63) is 33.8 Å². The van der Waals surface area contributed by atoms with Crippen LogP contribution in [-0.4, -0.2) is 36.4 Å². The maximum atomic E-state index is 11.7. The Morgan fingerprint density at radius 1 is 1.31 bits per heavy atom. The largest absolute Gasteiger partial charge is 0.481 e. The number of likely N-dealkylation sites (tertiary alicyclic amines) is 1. The molecule has 2 radical (unpaired) electrons. The Bertz CT molecular complexity index is 613. The molecule has 1 fully saturated rings. The molecule has 26 heavy (non-hydrogen) atoms. The SMILES string of the molecule is [B]C(CCCC)(CCC1CCCCN1Cc1ccc(Cl)c(Cl)c1)C(=O)O. The van der Waals surface area contributed by atoms with E-state index >= 15 is 0 Å². The van der Waals surface area contributed by atoms with E-state index < -0.39 is 11.3 Å². The summed E-state index contributed by atoms with van der Waals surface area (Å²) >= 11 is 12.1. The van der Waals surface area contributed by atoms with E-state index in [0.29, 0.717) is 28.9 Å². The zero-order valence-corrected chi connectivity index (χ0v) is 17.0. The molecule has 1 aromatic rings. The van der Waals surface area contributed by atoms with Gasteiger partial charge in [-0.05, 0) is 56.3 Å². The number of hydrogen-bond acceptors (Lipinski definition) is 2. The van der Waals surface area contributed by atoms with Gasteiger partial charge in [0.1, 0.15) is 0 Å². The number of carbonyl (C=O) groups is 1. The van der Waals surface area contributed by atoms with Crippen molar-refractivity contribution in [1.29, 1.82) is 0 Å². The minimum absolute atomic E-state index is 0.363. The molecule has 0 saturated carbocycles. The number of rotatable bonds is 9. The van der Waals surface area contributed by atoms with E-state index in [1.165, 1.54) is 12.8 Å². The summed E-state index contributed by atoms with van der Waals surface area (Å²) in [4.78, 5) is 14.1. The van der Waals surface area contributed by atoms with Gasteiger partial charge in [-0.3, -0.25) is 9.69 Å². The maximum Gasteiger partial charge on any atom is 0.300 e. The topological polar surface area (TPSA) is 40.5 Å². The number of aliphatic carboxylic acids is 1. The van der Waals surface area contributed by atoms with Crippen molar-refractivity contribution in [3.63, 3.8) is 0 Å². The van der Waals surface area contributed by atoms with Gasteiger partial charge in [0.05, 0.1) is 17.9 Å². The quantitative estimate of drug-likeness (QED) is 0.542. The predicted molar refractivity (Wildman–Crippen MR) is 109 cm³/mol. The van der Waals surface area contributed by atoms with Gasteiger partial charge in [-0.15, -0.1) is 0 Å². The fourth-order valence-corrected chi connectivity index (χ4v) is 4.04. The minimum atomic E-state index is -1.11. The van der Waals surface area contributed by atoms with Gasteiger partial charge in [0.2, 0.25) is 0 Å². The Hall–Kier alpha value is -0.705. The van der Waals surface area contributed by atoms with Crippen LogP contribution in [-0.2, 0) is 11.3 Å². The second kappa shape index (κ2) is 10.0. The van der Waals surface area contributed by atoms with Gasteiger partial charge in [0.15, 0.2) is 0 Å². The van der Waals surface area contributed by atoms with Crippen molar-refractivity contribution >= 4 is 37.0 Å². The molecule has 0 aliphatic carbocycles. The van der Waals surface area contributed by atoms with Crippen LogP contribution in [0.1, 0.15) is 63.9 Å². The molecule has 1 N–H and O–H groups in total. The van der Waals surface area contributed by atoms with E-state index in [4.69, 9.17) is 31.0 Å². The van der Waals surface area contributed by atoms with E-state index in [-0.39, 0.29) is 0 Å². The zero-order valence-electron chi connectivity index (χ0n) is 15.5. The molecule has 1 aliphatic rings. The van der Waals surface area contributed by atoms with Crippen molar-refractivity contribution in [2.45, 2.75) is 76.2 Å². The molecule has 0 spiro atoms. The molecule has 1 heterocycles. The fourth-order valence-electron chi connectivity index (χ4n) is 3.72. The van der Waals surface area contributed by atoms with Gasteiger partial charge < -0.3 is 5.11 Å². The molecule has 2 rings (SSSR count). The molecular formula is C20H28BCl2NO2. The zero-order chi connectivity index (χ0) is 19.2. The highest BCUT2D eigenvalue weighted by molar-refractivity contribution is 6.42. The number of carboxylic acid groups (broad SMARTS) is 1. The molecule has 3 nitrogen and oxygen atoms in total. The lowest BCUT2D eigenvalue weighted by molar-refractivity contribution is -0.141. The third-order valence-electron chi connectivity index (χ3n) is 5.44. The molecule has 2 atom stereocenters. The summed E-state index contributed by atoms with van der Waals surface area (Å²) < 4.78 is 0. The monoisotopic (exact) mass is 395 g/mol. The molecular weight excluding hydrogens is 368 g/mol. The summed E-state index contributed by atoms with van der Waals surface area (Å²) in [6.45, 7) is 3.88. The number of piperidine rings is 1. The number of unbranched alkanes of at least 4 members (excludes halogenated alkanes) is 1. The van der Waals surface area contributed by atoms with Crippen molar-refractivity contribution in [2.75, 3.05) is 6.54 Å². The summed E-state index contributed by atoms with van der Waals surface area (Å²) in [7, 11) is 6.23. The van der Waals surface area contributed by atoms with Crippen molar-refractivity contribution in [1.82, 2.24) is 4.90 Å². The Morgan fingerprint density at radius 2 is 2.08 bits per heavy atom. The third-order valence-corrected chi connectivity index (χ3v) is 6.18. The highest BCUT2D eigenvalue weighted by Gasteiger charge is 2.33. The lowest BCUT2D eigenvalue weighted by Gasteiger charge is -2.38. The number of benzene rings is 1. The smallest absolute Gasteiger partial charge is 0.300 e. The second-order valence-electron chi connectivity index (χ2n) is 7.47. The standard InChI is InChI=1S/C20H28BCl2NO2/c1-2-3-10-20(21,19(25)26)11-9-16-6-4-5-12-24(16)14-15-7-8-17(22)18(23)13-15/h7-8,13,16H,2-6,9-12,14H2,1H3,(H,25,26). The molecule has 6 heteroatoms. The molecule has 2 unspecified atom stereocenters. The Balaban J connectivity index is 2.01. The highest BCUT2D eigenvalue weighted by atomic mass is 35.5. The summed E-state index contributed by atoms with van der Waals surface area (Å²) in [6.07, 6.45) is 7.11. The van der Waals surface area contributed by atoms with E-state index in [0.717, 1.165) is 44.3 Å². The van der Waals surface area contributed by atoms with Gasteiger partial charge in [0.25, 0.3) is 0 Å². The average molecular weight is 396 g/mol. The maximum absolute atomic E-state index is 11.7. The van der Waals surface area contributed by atoms with E-state index in [1.807, 2.05) is 18.2 Å². The van der Waals surface area contributed by atoms with Crippen LogP contribution in [0.15, 0.2) is 18.2 Å². The molecule has 142 valence electrons. The molecule has 1 aromatic carbocycles. The summed E-state index contributed by atoms with van der Waals surface area (Å²) in [5.41, 5.74) is 1.13. The minimum Gasteiger partial charge on any atom is -0.481 e. The summed E-state index contributed by atoms with van der Waals surface area (Å²) in [6, 6.07) is 6.12. The highest BCUT2D eigenvalue weighted by Crippen LogP contribution is 2.37. The van der Waals surface area contributed by atoms with Gasteiger partial charge in [-0.2, -0.15) is 0 Å². The Kier molecular flexibility index (Phi) is 8.31. The first kappa shape index (κ1) is 21.6. The molecule has 1 saturated heterocycles. The van der Waals surface area contributed by atoms with Gasteiger partial charge in [-0.25, -0.2) is 0 Å². The van der Waals surface area contributed by atoms with Crippen LogP contribution in [0.25, 0.3) is 0 Å². The van der Waals surface area contributed by atoms with Crippen LogP contribution < -0.4 is 0 Å². The van der Waals surface area contributed by atoms with Crippen LogP contribution >= 0.6 is 23.2 Å². The summed E-state index contributed by atoms with van der Waals surface area (Å²) in [5.74, 6) is -0.877. The Morgan fingerprint density at radius 3 is 2.73 bits per heavy atom. The van der Waals surface area contributed by atoms with Crippen LogP contribution in [0.3, 0.4) is 0 Å². The summed E-state index contributed by atoms with van der Waals surface area (Å²) in [5, 5.41) is 9.61. The van der Waals surface area contributed by atoms with E-state index in [9.17, 15) is 9.90 Å². The first-order valence-corrected chi connectivity index (χ1v) is 10.3. The second-order valence-corrected chi connectivity index (χ2v) is 8.29. The van der Waals surface area contributed by atoms with Crippen molar-refractivity contribution in [2.24, 2.45) is 0 Å². The number of halogens is 2. The molecule has 1 aliphatic heterocycles. The molecule has 0 aromatic heterocycles. The third kappa shape index (κ3) is 5.90. The first-order chi connectivity index (χ1) is 12.4. The van der Waals surface area contributed by atoms with Crippen molar-refractivity contribution < 1.29 is 9.90 Å². The Labute approximate surface area is 168 Å². The van der Waals surface area contributed by atoms with Crippen molar-refractivity contribution in [3.8, 4) is 0 Å². The number of hydrogen-bond donors (Lipinski definition) is 1. The first-order valence-electron chi connectivity index (χ1n) is 9.56. The lowest BCUT2D eigenvalue weighted by Crippen LogP contribution is -2.40. The van der Waals surface area contributed by atoms with Gasteiger partial charge in [0, 0.05) is 17.9 Å². The van der Waals surface area contributed by atoms with Gasteiger partial charge in [-0.1, -0.05) is 55.5 Å². The molecule has 0 bridgehead atoms. The van der Waals surface area contributed by atoms with Crippen LogP contribution in [0.4, 0.5) is 0 Å². The van der Waals surface area contributed by atoms with E-state index in [1.54, 1.807) is 0 Å². The average Bonchev–Trinajstić information content (AvgIpc) is 2.62. The number of carboxylic acids is 1. The number of nitrogens with zero attached hydrogens (tertiary/aromatic N) is 1. The van der Waals surface area contributed by atoms with Crippen LogP contribution in [0.5, 0.6) is 0 Å². The normalized spacial score (nSPS) is 20.7. The van der Waals surface area contributed by atoms with Gasteiger partial charge >= 0.3 is 5.97 Å². The fraction of sp³-hybridized carbons (Fsp3) is 0.650. The van der Waals surface area contributed by atoms with E-state index in [2.05, 4.69) is 11.8 Å². The van der Waals surface area contributed by atoms with Crippen LogP contribution in [0.2, 0.25) is 15.4 Å². The molecule has 0 amide bonds. The van der Waals surface area contributed by atoms with Crippen LogP contribution in [0, 0.1) is 0 Å². The predicted octanol–water partition coefficient (Wildman–Crippen LogP) is 5.73.